The Morgan fingerprint density at radius 1 is 1.27 bits per heavy atom. The molecule has 2 aromatic rings. The van der Waals surface area contributed by atoms with Gasteiger partial charge in [0.25, 0.3) is 0 Å². The highest BCUT2D eigenvalue weighted by Crippen LogP contribution is 2.24. The highest BCUT2D eigenvalue weighted by molar-refractivity contribution is 5.80. The van der Waals surface area contributed by atoms with E-state index in [1.54, 1.807) is 0 Å². The second-order valence-electron chi connectivity index (χ2n) is 7.51. The van der Waals surface area contributed by atoms with Crippen molar-refractivity contribution in [3.63, 3.8) is 0 Å². The minimum atomic E-state index is 0.0531. The van der Waals surface area contributed by atoms with E-state index < -0.39 is 0 Å². The van der Waals surface area contributed by atoms with Crippen molar-refractivity contribution in [1.29, 1.82) is 0 Å². The minimum absolute atomic E-state index is 0.0531. The smallest absolute Gasteiger partial charge is 0.224 e. The molecule has 26 heavy (non-hydrogen) atoms. The summed E-state index contributed by atoms with van der Waals surface area (Å²) in [6.07, 6.45) is 10.4. The number of benzene rings is 1. The van der Waals surface area contributed by atoms with E-state index in [4.69, 9.17) is 0 Å². The molecule has 2 N–H and O–H groups in total. The van der Waals surface area contributed by atoms with Crippen LogP contribution in [0.1, 0.15) is 44.9 Å². The third kappa shape index (κ3) is 3.92. The van der Waals surface area contributed by atoms with Crippen molar-refractivity contribution in [2.75, 3.05) is 24.5 Å². The Morgan fingerprint density at radius 2 is 2.19 bits per heavy atom. The number of rotatable bonds is 5. The van der Waals surface area contributed by atoms with Gasteiger partial charge in [0.05, 0.1) is 17.0 Å². The monoisotopic (exact) mass is 352 g/mol. The Bertz CT molecular complexity index is 761. The minimum Gasteiger partial charge on any atom is -0.355 e. The van der Waals surface area contributed by atoms with Crippen molar-refractivity contribution in [3.05, 3.63) is 35.9 Å². The van der Waals surface area contributed by atoms with Crippen LogP contribution in [0.3, 0.4) is 0 Å². The molecule has 2 heterocycles. The average Bonchev–Trinajstić information content (AvgIpc) is 3.13. The highest BCUT2D eigenvalue weighted by atomic mass is 16.1. The molecule has 1 unspecified atom stereocenters. The van der Waals surface area contributed by atoms with Gasteiger partial charge in [-0.2, -0.15) is 0 Å². The van der Waals surface area contributed by atoms with E-state index in [1.807, 2.05) is 24.3 Å². The van der Waals surface area contributed by atoms with E-state index in [-0.39, 0.29) is 11.8 Å². The molecular weight excluding hydrogens is 324 g/mol. The fourth-order valence-electron chi connectivity index (χ4n) is 4.09. The van der Waals surface area contributed by atoms with E-state index in [1.165, 1.54) is 31.3 Å². The number of nitrogens with one attached hydrogen (secondary N) is 2. The van der Waals surface area contributed by atoms with Gasteiger partial charge < -0.3 is 15.2 Å². The lowest BCUT2D eigenvalue weighted by Crippen LogP contribution is -2.43. The van der Waals surface area contributed by atoms with E-state index in [0.29, 0.717) is 0 Å². The first-order valence-corrected chi connectivity index (χ1v) is 9.95. The molecular formula is C21H28N4O. The fourth-order valence-corrected chi connectivity index (χ4v) is 4.09. The van der Waals surface area contributed by atoms with Gasteiger partial charge in [-0.3, -0.25) is 4.79 Å². The first-order chi connectivity index (χ1) is 12.8. The maximum absolute atomic E-state index is 12.6. The zero-order valence-corrected chi connectivity index (χ0v) is 15.3. The van der Waals surface area contributed by atoms with Crippen molar-refractivity contribution in [2.45, 2.75) is 44.9 Å². The number of carbonyl (C=O) groups is 1. The Balaban J connectivity index is 1.32. The number of piperidine rings is 1. The van der Waals surface area contributed by atoms with Crippen LogP contribution in [0.2, 0.25) is 0 Å². The number of amides is 1. The van der Waals surface area contributed by atoms with Crippen LogP contribution in [0.4, 0.5) is 5.95 Å². The number of fused-ring (bicyclic) bond motifs is 1. The second kappa shape index (κ2) is 7.94. The summed E-state index contributed by atoms with van der Waals surface area (Å²) in [5, 5.41) is 3.16. The van der Waals surface area contributed by atoms with E-state index in [2.05, 4.69) is 26.3 Å². The third-order valence-electron chi connectivity index (χ3n) is 5.60. The Labute approximate surface area is 154 Å². The number of carbonyl (C=O) groups excluding carboxylic acids is 1. The molecule has 1 atom stereocenters. The molecule has 5 heteroatoms. The van der Waals surface area contributed by atoms with Crippen LogP contribution < -0.4 is 10.2 Å². The molecule has 1 aliphatic carbocycles. The summed E-state index contributed by atoms with van der Waals surface area (Å²) in [7, 11) is 0. The molecule has 0 saturated carbocycles. The average molecular weight is 352 g/mol. The van der Waals surface area contributed by atoms with Crippen LogP contribution in [0.25, 0.3) is 11.0 Å². The lowest BCUT2D eigenvalue weighted by atomic mass is 9.96. The zero-order valence-electron chi connectivity index (χ0n) is 15.3. The quantitative estimate of drug-likeness (QED) is 0.805. The topological polar surface area (TPSA) is 61.0 Å². The summed E-state index contributed by atoms with van der Waals surface area (Å²) in [6.45, 7) is 2.47. The predicted octanol–water partition coefficient (Wildman–Crippen LogP) is 3.79. The van der Waals surface area contributed by atoms with Crippen LogP contribution in [-0.4, -0.2) is 35.5 Å². The number of nitrogens with zero attached hydrogens (tertiary/aromatic N) is 2. The summed E-state index contributed by atoms with van der Waals surface area (Å²) >= 11 is 0. The molecule has 1 fully saturated rings. The Hall–Kier alpha value is -2.30. The molecule has 2 aliphatic rings. The summed E-state index contributed by atoms with van der Waals surface area (Å²) in [4.78, 5) is 22.9. The van der Waals surface area contributed by atoms with Gasteiger partial charge in [0.15, 0.2) is 0 Å². The van der Waals surface area contributed by atoms with E-state index >= 15 is 0 Å². The van der Waals surface area contributed by atoms with Gasteiger partial charge >= 0.3 is 0 Å². The summed E-state index contributed by atoms with van der Waals surface area (Å²) in [5.41, 5.74) is 3.55. The molecule has 1 aromatic heterocycles. The van der Waals surface area contributed by atoms with Gasteiger partial charge in [-0.15, -0.1) is 0 Å². The van der Waals surface area contributed by atoms with Crippen LogP contribution >= 0.6 is 0 Å². The third-order valence-corrected chi connectivity index (χ3v) is 5.60. The van der Waals surface area contributed by atoms with Crippen molar-refractivity contribution in [3.8, 4) is 0 Å². The standard InChI is InChI=1S/C21H28N4O/c26-20(22-13-12-16-7-2-1-3-8-16)17-9-6-14-25(15-17)21-23-18-10-4-5-11-19(18)24-21/h4-5,7,10-11,17H,1-3,6,8-9,12-15H2,(H,22,26)(H,23,24). The van der Waals surface area contributed by atoms with Crippen molar-refractivity contribution in [1.82, 2.24) is 15.3 Å². The van der Waals surface area contributed by atoms with Crippen LogP contribution in [-0.2, 0) is 4.79 Å². The molecule has 4 rings (SSSR count). The van der Waals surface area contributed by atoms with E-state index in [9.17, 15) is 4.79 Å². The molecule has 0 radical (unpaired) electrons. The first kappa shape index (κ1) is 17.1. The summed E-state index contributed by atoms with van der Waals surface area (Å²) in [6, 6.07) is 8.07. The van der Waals surface area contributed by atoms with Gasteiger partial charge in [-0.25, -0.2) is 4.98 Å². The summed E-state index contributed by atoms with van der Waals surface area (Å²) in [5.74, 6) is 1.13. The molecule has 5 nitrogen and oxygen atoms in total. The highest BCUT2D eigenvalue weighted by Gasteiger charge is 2.27. The van der Waals surface area contributed by atoms with Crippen molar-refractivity contribution < 1.29 is 4.79 Å². The fraction of sp³-hybridized carbons (Fsp3) is 0.524. The van der Waals surface area contributed by atoms with Crippen molar-refractivity contribution >= 4 is 22.9 Å². The lowest BCUT2D eigenvalue weighted by Gasteiger charge is -2.31. The van der Waals surface area contributed by atoms with Gasteiger partial charge in [-0.1, -0.05) is 23.8 Å². The Kier molecular flexibility index (Phi) is 5.23. The number of H-pyrrole nitrogens is 1. The normalized spacial score (nSPS) is 20.8. The number of imidazole rings is 1. The van der Waals surface area contributed by atoms with Gasteiger partial charge in [-0.05, 0) is 57.1 Å². The van der Waals surface area contributed by atoms with Crippen LogP contribution in [0.15, 0.2) is 35.9 Å². The maximum atomic E-state index is 12.6. The molecule has 1 saturated heterocycles. The number of allylic oxidation sites excluding steroid dienone is 1. The first-order valence-electron chi connectivity index (χ1n) is 9.95. The number of para-hydroxylation sites is 2. The van der Waals surface area contributed by atoms with Crippen LogP contribution in [0, 0.1) is 5.92 Å². The second-order valence-corrected chi connectivity index (χ2v) is 7.51. The number of aromatic amines is 1. The molecule has 1 amide bonds. The van der Waals surface area contributed by atoms with Crippen molar-refractivity contribution in [2.24, 2.45) is 5.92 Å². The van der Waals surface area contributed by atoms with Gasteiger partial charge in [0.2, 0.25) is 11.9 Å². The van der Waals surface area contributed by atoms with Crippen LogP contribution in [0.5, 0.6) is 0 Å². The predicted molar refractivity (Wildman–Crippen MR) is 105 cm³/mol. The molecule has 0 spiro atoms. The lowest BCUT2D eigenvalue weighted by molar-refractivity contribution is -0.125. The number of anilines is 1. The SMILES string of the molecule is O=C(NCCC1=CCCCC1)C1CCCN(c2nc3ccccc3[nH]2)C1. The largest absolute Gasteiger partial charge is 0.355 e. The molecule has 1 aliphatic heterocycles. The number of aromatic nitrogens is 2. The van der Waals surface area contributed by atoms with Gasteiger partial charge in [0, 0.05) is 19.6 Å². The maximum Gasteiger partial charge on any atom is 0.224 e. The number of hydrogen-bond donors (Lipinski definition) is 2. The Morgan fingerprint density at radius 3 is 3.04 bits per heavy atom. The van der Waals surface area contributed by atoms with E-state index in [0.717, 1.165) is 55.9 Å². The number of hydrogen-bond acceptors (Lipinski definition) is 3. The van der Waals surface area contributed by atoms with Gasteiger partial charge in [0.1, 0.15) is 0 Å². The zero-order chi connectivity index (χ0) is 17.8. The molecule has 0 bridgehead atoms. The molecule has 1 aromatic carbocycles. The summed E-state index contributed by atoms with van der Waals surface area (Å²) < 4.78 is 0. The molecule has 138 valence electrons.